The molecule has 2 heterocycles. The van der Waals surface area contributed by atoms with Gasteiger partial charge in [-0.3, -0.25) is 19.3 Å². The summed E-state index contributed by atoms with van der Waals surface area (Å²) in [5.41, 5.74) is -0.653. The van der Waals surface area contributed by atoms with Crippen LogP contribution in [0, 0.1) is 0 Å². The van der Waals surface area contributed by atoms with E-state index < -0.39 is 30.2 Å². The van der Waals surface area contributed by atoms with E-state index in [1.807, 2.05) is 0 Å². The first-order valence-electron chi connectivity index (χ1n) is 10.8. The lowest BCUT2D eigenvalue weighted by molar-refractivity contribution is -0.160. The summed E-state index contributed by atoms with van der Waals surface area (Å²) in [5.74, 6) is -1.75. The second kappa shape index (κ2) is 8.98. The van der Waals surface area contributed by atoms with Crippen molar-refractivity contribution in [3.63, 3.8) is 0 Å². The Kier molecular flexibility index (Phi) is 6.22. The summed E-state index contributed by atoms with van der Waals surface area (Å²) in [6.07, 6.45) is 0.124. The molecule has 0 aromatic heterocycles. The van der Waals surface area contributed by atoms with Gasteiger partial charge in [0, 0.05) is 23.9 Å². The minimum absolute atomic E-state index is 0.0614. The Balaban J connectivity index is 1.61. The highest BCUT2D eigenvalue weighted by atomic mass is 35.5. The number of anilines is 2. The maximum atomic E-state index is 13.5. The van der Waals surface area contributed by atoms with E-state index in [4.69, 9.17) is 21.1 Å². The normalized spacial score (nSPS) is 19.1. The van der Waals surface area contributed by atoms with Crippen molar-refractivity contribution in [1.29, 1.82) is 0 Å². The number of nitrogens with one attached hydrogen (secondary N) is 1. The summed E-state index contributed by atoms with van der Waals surface area (Å²) in [6, 6.07) is 11.0. The van der Waals surface area contributed by atoms with Crippen molar-refractivity contribution in [3.8, 4) is 5.75 Å². The van der Waals surface area contributed by atoms with Gasteiger partial charge in [0.05, 0.1) is 24.0 Å². The molecule has 2 aliphatic rings. The van der Waals surface area contributed by atoms with Crippen LogP contribution in [0.25, 0.3) is 0 Å². The number of amides is 3. The first kappa shape index (κ1) is 23.6. The number of carbonyl (C=O) groups is 4. The fourth-order valence-electron chi connectivity index (χ4n) is 4.58. The maximum absolute atomic E-state index is 13.5. The van der Waals surface area contributed by atoms with Gasteiger partial charge in [0.25, 0.3) is 11.8 Å². The van der Waals surface area contributed by atoms with Gasteiger partial charge in [0.15, 0.2) is 6.61 Å². The van der Waals surface area contributed by atoms with Crippen LogP contribution in [-0.4, -0.2) is 54.0 Å². The van der Waals surface area contributed by atoms with Crippen molar-refractivity contribution in [1.82, 2.24) is 4.90 Å². The topological polar surface area (TPSA) is 105 Å². The Hall–Kier alpha value is -3.59. The van der Waals surface area contributed by atoms with Gasteiger partial charge in [0.1, 0.15) is 5.75 Å². The third-order valence-electron chi connectivity index (χ3n) is 5.91. The number of halogens is 1. The van der Waals surface area contributed by atoms with Crippen molar-refractivity contribution >= 4 is 46.7 Å². The minimum Gasteiger partial charge on any atom is -0.495 e. The van der Waals surface area contributed by atoms with Crippen LogP contribution >= 0.6 is 11.6 Å². The Bertz CT molecular complexity index is 1180. The monoisotopic (exact) mass is 485 g/mol. The quantitative estimate of drug-likeness (QED) is 0.630. The summed E-state index contributed by atoms with van der Waals surface area (Å²) in [6.45, 7) is 2.90. The molecule has 1 N–H and O–H groups in total. The van der Waals surface area contributed by atoms with Crippen molar-refractivity contribution < 1.29 is 28.7 Å². The van der Waals surface area contributed by atoms with Gasteiger partial charge in [0.2, 0.25) is 11.6 Å². The van der Waals surface area contributed by atoms with Gasteiger partial charge in [-0.1, -0.05) is 23.7 Å². The van der Waals surface area contributed by atoms with E-state index in [0.29, 0.717) is 27.7 Å². The molecule has 3 amide bonds. The largest absolute Gasteiger partial charge is 0.495 e. The molecule has 0 bridgehead atoms. The molecule has 1 unspecified atom stereocenters. The van der Waals surface area contributed by atoms with Crippen LogP contribution in [0.15, 0.2) is 42.5 Å². The molecule has 1 saturated heterocycles. The number of benzene rings is 2. The number of nitrogens with zero attached hydrogens (tertiary/aromatic N) is 2. The van der Waals surface area contributed by atoms with E-state index >= 15 is 0 Å². The number of rotatable bonds is 6. The van der Waals surface area contributed by atoms with E-state index in [1.165, 1.54) is 23.0 Å². The highest BCUT2D eigenvalue weighted by Gasteiger charge is 2.62. The van der Waals surface area contributed by atoms with Crippen molar-refractivity contribution in [2.75, 3.05) is 23.9 Å². The highest BCUT2D eigenvalue weighted by molar-refractivity contribution is 6.31. The van der Waals surface area contributed by atoms with Gasteiger partial charge in [-0.25, -0.2) is 4.79 Å². The summed E-state index contributed by atoms with van der Waals surface area (Å²) in [4.78, 5) is 55.1. The molecule has 178 valence electrons. The third-order valence-corrected chi connectivity index (χ3v) is 6.15. The number of methoxy groups -OCH3 is 1. The van der Waals surface area contributed by atoms with Crippen molar-refractivity contribution in [2.24, 2.45) is 0 Å². The number of fused-ring (bicyclic) bond motifs is 3. The number of hydrogen-bond acceptors (Lipinski definition) is 6. The molecule has 0 spiro atoms. The Morgan fingerprint density at radius 3 is 2.62 bits per heavy atom. The molecule has 0 saturated carbocycles. The zero-order valence-corrected chi connectivity index (χ0v) is 19.7. The fraction of sp³-hybridized carbons (Fsp3) is 0.333. The lowest BCUT2D eigenvalue weighted by atomic mass is 9.95. The Morgan fingerprint density at radius 1 is 1.18 bits per heavy atom. The van der Waals surface area contributed by atoms with Gasteiger partial charge >= 0.3 is 5.97 Å². The number of ether oxygens (including phenoxy) is 2. The predicted octanol–water partition coefficient (Wildman–Crippen LogP) is 3.22. The summed E-state index contributed by atoms with van der Waals surface area (Å²) >= 11 is 5.99. The molecule has 2 aromatic carbocycles. The summed E-state index contributed by atoms with van der Waals surface area (Å²) in [7, 11) is 1.45. The van der Waals surface area contributed by atoms with Crippen molar-refractivity contribution in [3.05, 3.63) is 53.1 Å². The molecule has 2 aliphatic heterocycles. The molecule has 1 atom stereocenters. The van der Waals surface area contributed by atoms with Crippen molar-refractivity contribution in [2.45, 2.75) is 38.4 Å². The number of hydrogen-bond donors (Lipinski definition) is 1. The zero-order valence-electron chi connectivity index (χ0n) is 19.0. The first-order valence-corrected chi connectivity index (χ1v) is 11.1. The molecule has 4 rings (SSSR count). The molecule has 9 nitrogen and oxygen atoms in total. The number of carbonyl (C=O) groups excluding carboxylic acids is 4. The molecular formula is C24H24ClN3O6. The van der Waals surface area contributed by atoms with Crippen LogP contribution in [0.4, 0.5) is 11.4 Å². The third kappa shape index (κ3) is 3.75. The fourth-order valence-corrected chi connectivity index (χ4v) is 4.76. The smallest absolute Gasteiger partial charge is 0.354 e. The first-order chi connectivity index (χ1) is 16.2. The molecular weight excluding hydrogens is 462 g/mol. The highest BCUT2D eigenvalue weighted by Crippen LogP contribution is 2.46. The number of para-hydroxylation sites is 1. The van der Waals surface area contributed by atoms with E-state index in [1.54, 1.807) is 50.2 Å². The average molecular weight is 486 g/mol. The molecule has 0 radical (unpaired) electrons. The van der Waals surface area contributed by atoms with E-state index in [2.05, 4.69) is 5.32 Å². The van der Waals surface area contributed by atoms with Crippen LogP contribution in [0.1, 0.15) is 37.0 Å². The Morgan fingerprint density at radius 2 is 1.91 bits per heavy atom. The maximum Gasteiger partial charge on any atom is 0.354 e. The van der Waals surface area contributed by atoms with E-state index in [9.17, 15) is 19.2 Å². The molecule has 2 aromatic rings. The lowest BCUT2D eigenvalue weighted by Crippen LogP contribution is -2.70. The average Bonchev–Trinajstić information content (AvgIpc) is 3.15. The van der Waals surface area contributed by atoms with Gasteiger partial charge in [-0.05, 0) is 44.2 Å². The number of esters is 1. The van der Waals surface area contributed by atoms with Crippen LogP contribution < -0.4 is 15.0 Å². The lowest BCUT2D eigenvalue weighted by Gasteiger charge is -2.50. The van der Waals surface area contributed by atoms with Gasteiger partial charge in [-0.2, -0.15) is 0 Å². The molecule has 1 fully saturated rings. The van der Waals surface area contributed by atoms with Gasteiger partial charge < -0.3 is 19.7 Å². The SMILES string of the molecule is COc1ccc(Cl)cc1NC(=O)COC(=O)C12CCC(=O)N1c1ccccc1C(=O)N2C(C)C. The zero-order chi connectivity index (χ0) is 24.6. The van der Waals surface area contributed by atoms with Crippen LogP contribution in [-0.2, 0) is 19.1 Å². The second-order valence-electron chi connectivity index (χ2n) is 8.30. The second-order valence-corrected chi connectivity index (χ2v) is 8.74. The minimum atomic E-state index is -1.66. The molecule has 34 heavy (non-hydrogen) atoms. The summed E-state index contributed by atoms with van der Waals surface area (Å²) in [5, 5.41) is 2.99. The standard InChI is InChI=1S/C24H24ClN3O6/c1-14(2)27-22(31)16-6-4-5-7-18(16)28-21(30)10-11-24(27,28)23(32)34-13-20(29)26-17-12-15(25)8-9-19(17)33-3/h4-9,12,14H,10-11,13H2,1-3H3,(H,26,29). The van der Waals surface area contributed by atoms with Crippen LogP contribution in [0.5, 0.6) is 5.75 Å². The van der Waals surface area contributed by atoms with E-state index in [0.717, 1.165) is 0 Å². The predicted molar refractivity (Wildman–Crippen MR) is 125 cm³/mol. The van der Waals surface area contributed by atoms with Crippen LogP contribution in [0.2, 0.25) is 5.02 Å². The molecule has 10 heteroatoms. The van der Waals surface area contributed by atoms with E-state index in [-0.39, 0.29) is 24.7 Å². The summed E-state index contributed by atoms with van der Waals surface area (Å²) < 4.78 is 10.6. The molecule has 0 aliphatic carbocycles. The van der Waals surface area contributed by atoms with Gasteiger partial charge in [-0.15, -0.1) is 0 Å². The Labute approximate surface area is 201 Å². The van der Waals surface area contributed by atoms with Crippen LogP contribution in [0.3, 0.4) is 0 Å².